The van der Waals surface area contributed by atoms with Crippen molar-refractivity contribution in [1.29, 1.82) is 0 Å². The Labute approximate surface area is 71.3 Å². The van der Waals surface area contributed by atoms with Crippen LogP contribution in [0.4, 0.5) is 13.2 Å². The molecule has 0 aromatic rings. The van der Waals surface area contributed by atoms with Gasteiger partial charge in [0, 0.05) is 0 Å². The lowest BCUT2D eigenvalue weighted by Gasteiger charge is -2.12. The van der Waals surface area contributed by atoms with E-state index >= 15 is 0 Å². The second-order valence-corrected chi connectivity index (χ2v) is 4.59. The van der Waals surface area contributed by atoms with Crippen molar-refractivity contribution in [3.05, 3.63) is 0 Å². The fraction of sp³-hybridized carbons (Fsp3) is 1.00. The number of halogens is 4. The van der Waals surface area contributed by atoms with Gasteiger partial charge >= 0.3 is 6.18 Å². The van der Waals surface area contributed by atoms with Crippen molar-refractivity contribution in [2.24, 2.45) is 5.92 Å². The van der Waals surface area contributed by atoms with Gasteiger partial charge in [0.2, 0.25) is 0 Å². The largest absolute Gasteiger partial charge is 0.403 e. The van der Waals surface area contributed by atoms with Crippen molar-refractivity contribution in [2.75, 3.05) is 0 Å². The molecule has 1 fully saturated rings. The van der Waals surface area contributed by atoms with Crippen LogP contribution in [0.15, 0.2) is 0 Å². The molecule has 1 saturated carbocycles. The van der Waals surface area contributed by atoms with Crippen molar-refractivity contribution < 1.29 is 13.2 Å². The summed E-state index contributed by atoms with van der Waals surface area (Å²) in [6.45, 7) is 1.80. The first-order valence-corrected chi connectivity index (χ1v) is 4.25. The van der Waals surface area contributed by atoms with Crippen LogP contribution in [-0.4, -0.2) is 9.60 Å². The van der Waals surface area contributed by atoms with Crippen LogP contribution < -0.4 is 0 Å². The maximum Gasteiger partial charge on any atom is 0.403 e. The first kappa shape index (κ1) is 8.62. The zero-order valence-electron chi connectivity index (χ0n) is 5.50. The van der Waals surface area contributed by atoms with E-state index in [0.717, 1.165) is 0 Å². The summed E-state index contributed by atoms with van der Waals surface area (Å²) in [7, 11) is 0. The summed E-state index contributed by atoms with van der Waals surface area (Å²) in [4.78, 5) is 0. The van der Waals surface area contributed by atoms with Gasteiger partial charge in [-0.3, -0.25) is 0 Å². The van der Waals surface area contributed by atoms with E-state index in [2.05, 4.69) is 0 Å². The molecule has 0 N–H and O–H groups in total. The lowest BCUT2D eigenvalue weighted by Crippen LogP contribution is -2.26. The minimum atomic E-state index is -3.99. The Hall–Kier alpha value is 0.520. The minimum Gasteiger partial charge on any atom is -0.170 e. The Kier molecular flexibility index (Phi) is 1.94. The van der Waals surface area contributed by atoms with Crippen LogP contribution in [0, 0.1) is 5.92 Å². The third kappa shape index (κ3) is 1.14. The lowest BCUT2D eigenvalue weighted by molar-refractivity contribution is -0.134. The highest BCUT2D eigenvalue weighted by Crippen LogP contribution is 2.62. The maximum absolute atomic E-state index is 12.1. The number of hydrogen-bond acceptors (Lipinski definition) is 0. The summed E-state index contributed by atoms with van der Waals surface area (Å²) in [5.74, 6) is -0.131. The zero-order valence-corrected chi connectivity index (χ0v) is 7.66. The Balaban J connectivity index is 2.59. The number of hydrogen-bond donors (Lipinski definition) is 0. The van der Waals surface area contributed by atoms with Gasteiger partial charge in [-0.25, -0.2) is 0 Å². The molecule has 10 heavy (non-hydrogen) atoms. The molecule has 0 saturated heterocycles. The summed E-state index contributed by atoms with van der Waals surface area (Å²) in [6.07, 6.45) is -3.04. The highest BCUT2D eigenvalue weighted by atomic mass is 127. The Morgan fingerprint density at radius 3 is 2.20 bits per heavy atom. The minimum absolute atomic E-state index is 0.131. The van der Waals surface area contributed by atoms with Gasteiger partial charge in [-0.1, -0.05) is 35.9 Å². The molecule has 0 heterocycles. The predicted octanol–water partition coefficient (Wildman–Crippen LogP) is 3.15. The Bertz CT molecular complexity index is 142. The topological polar surface area (TPSA) is 0 Å². The molecular weight excluding hydrogens is 256 g/mol. The van der Waals surface area contributed by atoms with Crippen LogP contribution >= 0.6 is 22.6 Å². The summed E-state index contributed by atoms with van der Waals surface area (Å²) in [5.41, 5.74) is 0. The average molecular weight is 264 g/mol. The molecule has 0 nitrogen and oxygen atoms in total. The molecule has 2 atom stereocenters. The van der Waals surface area contributed by atoms with Crippen LogP contribution in [0.2, 0.25) is 0 Å². The van der Waals surface area contributed by atoms with Gasteiger partial charge in [0.25, 0.3) is 0 Å². The third-order valence-electron chi connectivity index (χ3n) is 1.99. The molecule has 2 unspecified atom stereocenters. The lowest BCUT2D eigenvalue weighted by atomic mass is 10.2. The quantitative estimate of drug-likeness (QED) is 0.504. The molecule has 0 spiro atoms. The molecule has 0 aromatic carbocycles. The van der Waals surface area contributed by atoms with Gasteiger partial charge in [-0.15, -0.1) is 0 Å². The summed E-state index contributed by atoms with van der Waals surface area (Å²) in [5, 5.41) is 0. The van der Waals surface area contributed by atoms with Crippen molar-refractivity contribution in [2.45, 2.75) is 29.4 Å². The molecule has 1 aliphatic carbocycles. The van der Waals surface area contributed by atoms with E-state index in [0.29, 0.717) is 12.8 Å². The summed E-state index contributed by atoms with van der Waals surface area (Å²) >= 11 is 1.53. The summed E-state index contributed by atoms with van der Waals surface area (Å²) in [6, 6.07) is 0. The molecule has 0 amide bonds. The molecule has 0 aromatic heterocycles. The van der Waals surface area contributed by atoms with E-state index in [4.69, 9.17) is 0 Å². The first-order chi connectivity index (χ1) is 4.42. The predicted molar refractivity (Wildman–Crippen MR) is 41.2 cm³/mol. The van der Waals surface area contributed by atoms with Crippen LogP contribution in [-0.2, 0) is 0 Å². The SMILES string of the molecule is CCC1CC1(I)C(F)(F)F. The van der Waals surface area contributed by atoms with Gasteiger partial charge in [0.1, 0.15) is 3.42 Å². The fourth-order valence-electron chi connectivity index (χ4n) is 1.11. The van der Waals surface area contributed by atoms with Gasteiger partial charge < -0.3 is 0 Å². The molecule has 0 aliphatic heterocycles. The fourth-order valence-corrected chi connectivity index (χ4v) is 2.09. The highest BCUT2D eigenvalue weighted by Gasteiger charge is 2.68. The maximum atomic E-state index is 12.1. The van der Waals surface area contributed by atoms with E-state index < -0.39 is 9.60 Å². The van der Waals surface area contributed by atoms with Crippen LogP contribution in [0.1, 0.15) is 19.8 Å². The highest BCUT2D eigenvalue weighted by molar-refractivity contribution is 14.1. The van der Waals surface area contributed by atoms with E-state index in [1.165, 1.54) is 22.6 Å². The molecule has 0 bridgehead atoms. The second-order valence-electron chi connectivity index (χ2n) is 2.67. The Morgan fingerprint density at radius 1 is 1.60 bits per heavy atom. The summed E-state index contributed by atoms with van der Waals surface area (Å²) < 4.78 is 34.8. The average Bonchev–Trinajstić information content (AvgIpc) is 2.41. The van der Waals surface area contributed by atoms with Gasteiger partial charge in [0.05, 0.1) is 0 Å². The van der Waals surface area contributed by atoms with Crippen molar-refractivity contribution in [1.82, 2.24) is 0 Å². The van der Waals surface area contributed by atoms with E-state index in [9.17, 15) is 13.2 Å². The van der Waals surface area contributed by atoms with Crippen molar-refractivity contribution in [3.63, 3.8) is 0 Å². The van der Waals surface area contributed by atoms with Gasteiger partial charge in [-0.05, 0) is 12.3 Å². The molecule has 4 heteroatoms. The number of alkyl halides is 4. The second kappa shape index (κ2) is 2.25. The van der Waals surface area contributed by atoms with Gasteiger partial charge in [0.15, 0.2) is 0 Å². The normalized spacial score (nSPS) is 39.9. The zero-order chi connectivity index (χ0) is 7.99. The smallest absolute Gasteiger partial charge is 0.170 e. The van der Waals surface area contributed by atoms with Crippen LogP contribution in [0.25, 0.3) is 0 Å². The molecule has 1 rings (SSSR count). The van der Waals surface area contributed by atoms with Crippen molar-refractivity contribution in [3.8, 4) is 0 Å². The molecule has 60 valence electrons. The standard InChI is InChI=1S/C6H8F3I/c1-2-4-3-5(4,10)6(7,8)9/h4H,2-3H2,1H3. The van der Waals surface area contributed by atoms with Crippen molar-refractivity contribution >= 4 is 22.6 Å². The van der Waals surface area contributed by atoms with Crippen LogP contribution in [0.3, 0.4) is 0 Å². The van der Waals surface area contributed by atoms with Crippen LogP contribution in [0.5, 0.6) is 0 Å². The number of rotatable bonds is 1. The third-order valence-corrected chi connectivity index (χ3v) is 3.93. The van der Waals surface area contributed by atoms with E-state index in [-0.39, 0.29) is 5.92 Å². The van der Waals surface area contributed by atoms with E-state index in [1.54, 1.807) is 6.92 Å². The van der Waals surface area contributed by atoms with Gasteiger partial charge in [-0.2, -0.15) is 13.2 Å². The monoisotopic (exact) mass is 264 g/mol. The molecular formula is C6H8F3I. The molecule has 1 aliphatic rings. The molecule has 0 radical (unpaired) electrons. The first-order valence-electron chi connectivity index (χ1n) is 3.17. The Morgan fingerprint density at radius 2 is 2.10 bits per heavy atom. The van der Waals surface area contributed by atoms with E-state index in [1.807, 2.05) is 0 Å².